The maximum atomic E-state index is 9.70. The van der Waals surface area contributed by atoms with E-state index < -0.39 is 0 Å². The molecule has 2 aromatic carbocycles. The molecule has 0 aliphatic carbocycles. The van der Waals surface area contributed by atoms with Gasteiger partial charge in [0.25, 0.3) is 0 Å². The van der Waals surface area contributed by atoms with Gasteiger partial charge in [-0.2, -0.15) is 0 Å². The van der Waals surface area contributed by atoms with Crippen molar-refractivity contribution in [3.05, 3.63) is 53.1 Å². The van der Waals surface area contributed by atoms with Gasteiger partial charge in [-0.1, -0.05) is 12.1 Å². The number of hydrogen-bond donors (Lipinski definition) is 1. The van der Waals surface area contributed by atoms with Crippen molar-refractivity contribution in [1.29, 1.82) is 0 Å². The van der Waals surface area contributed by atoms with Crippen molar-refractivity contribution < 1.29 is 14.6 Å². The highest BCUT2D eigenvalue weighted by Gasteiger charge is 2.27. The molecule has 1 aliphatic heterocycles. The molecule has 0 aromatic heterocycles. The van der Waals surface area contributed by atoms with Crippen LogP contribution in [-0.2, 0) is 12.8 Å². The Kier molecular flexibility index (Phi) is 4.44. The molecule has 1 N–H and O–H groups in total. The summed E-state index contributed by atoms with van der Waals surface area (Å²) in [4.78, 5) is 2.36. The minimum Gasteiger partial charge on any atom is -0.508 e. The number of aromatic hydroxyl groups is 1. The van der Waals surface area contributed by atoms with E-state index in [-0.39, 0.29) is 6.04 Å². The van der Waals surface area contributed by atoms with Gasteiger partial charge in [-0.15, -0.1) is 0 Å². The van der Waals surface area contributed by atoms with Crippen LogP contribution in [0.25, 0.3) is 0 Å². The Morgan fingerprint density at radius 3 is 2.57 bits per heavy atom. The zero-order chi connectivity index (χ0) is 16.4. The fourth-order valence-corrected chi connectivity index (χ4v) is 3.33. The van der Waals surface area contributed by atoms with Crippen LogP contribution in [-0.4, -0.2) is 37.8 Å². The normalized spacial score (nSPS) is 17.6. The molecule has 1 aliphatic rings. The molecule has 0 radical (unpaired) electrons. The van der Waals surface area contributed by atoms with Gasteiger partial charge in [0.05, 0.1) is 14.2 Å². The predicted octanol–water partition coefficient (Wildman–Crippen LogP) is 3.18. The summed E-state index contributed by atoms with van der Waals surface area (Å²) in [6.07, 6.45) is 1.86. The highest BCUT2D eigenvalue weighted by atomic mass is 16.5. The minimum atomic E-state index is 0.264. The number of phenols is 1. The van der Waals surface area contributed by atoms with Gasteiger partial charge in [0.1, 0.15) is 5.75 Å². The molecular formula is C19H23NO3. The second kappa shape index (κ2) is 6.50. The molecule has 23 heavy (non-hydrogen) atoms. The zero-order valence-corrected chi connectivity index (χ0v) is 13.9. The number of rotatable bonds is 4. The lowest BCUT2D eigenvalue weighted by molar-refractivity contribution is 0.228. The molecule has 0 amide bonds. The Bertz CT molecular complexity index is 699. The van der Waals surface area contributed by atoms with Gasteiger partial charge >= 0.3 is 0 Å². The Balaban J connectivity index is 1.98. The van der Waals surface area contributed by atoms with E-state index in [0.29, 0.717) is 5.75 Å². The highest BCUT2D eigenvalue weighted by Crippen LogP contribution is 2.39. The first-order valence-electron chi connectivity index (χ1n) is 7.85. The monoisotopic (exact) mass is 313 g/mol. The van der Waals surface area contributed by atoms with Gasteiger partial charge in [0.2, 0.25) is 0 Å². The van der Waals surface area contributed by atoms with Gasteiger partial charge in [0, 0.05) is 12.6 Å². The van der Waals surface area contributed by atoms with E-state index in [2.05, 4.69) is 30.1 Å². The van der Waals surface area contributed by atoms with Gasteiger partial charge in [0.15, 0.2) is 11.5 Å². The number of ether oxygens (including phenoxy) is 2. The maximum absolute atomic E-state index is 9.70. The van der Waals surface area contributed by atoms with Crippen LogP contribution < -0.4 is 9.47 Å². The summed E-state index contributed by atoms with van der Waals surface area (Å²) in [7, 11) is 5.48. The maximum Gasteiger partial charge on any atom is 0.161 e. The number of methoxy groups -OCH3 is 2. The van der Waals surface area contributed by atoms with Crippen molar-refractivity contribution in [1.82, 2.24) is 4.90 Å². The summed E-state index contributed by atoms with van der Waals surface area (Å²) >= 11 is 0. The van der Waals surface area contributed by atoms with Crippen LogP contribution in [0.15, 0.2) is 36.4 Å². The number of fused-ring (bicyclic) bond motifs is 1. The van der Waals surface area contributed by atoms with E-state index >= 15 is 0 Å². The van der Waals surface area contributed by atoms with Crippen LogP contribution in [0.3, 0.4) is 0 Å². The van der Waals surface area contributed by atoms with Crippen LogP contribution in [0, 0.1) is 0 Å². The lowest BCUT2D eigenvalue weighted by atomic mass is 9.88. The van der Waals surface area contributed by atoms with Gasteiger partial charge in [-0.05, 0) is 60.8 Å². The van der Waals surface area contributed by atoms with Crippen LogP contribution in [0.5, 0.6) is 17.2 Å². The van der Waals surface area contributed by atoms with Gasteiger partial charge < -0.3 is 14.6 Å². The third kappa shape index (κ3) is 3.13. The largest absolute Gasteiger partial charge is 0.508 e. The molecule has 0 unspecified atom stereocenters. The fraction of sp³-hybridized carbons (Fsp3) is 0.368. The molecular weight excluding hydrogens is 290 g/mol. The average Bonchev–Trinajstić information content (AvgIpc) is 2.56. The molecule has 1 heterocycles. The quantitative estimate of drug-likeness (QED) is 0.941. The Hall–Kier alpha value is -2.20. The Morgan fingerprint density at radius 1 is 1.13 bits per heavy atom. The average molecular weight is 313 g/mol. The molecule has 2 aromatic rings. The standard InChI is InChI=1S/C19H23NO3/c1-20-8-7-14-11-18(22-2)19(23-3)12-16(14)17(20)10-13-5-4-6-15(21)9-13/h4-6,9,11-12,17,21H,7-8,10H2,1-3H3/t17-/m0/s1. The summed E-state index contributed by atoms with van der Waals surface area (Å²) in [5, 5.41) is 9.70. The summed E-state index contributed by atoms with van der Waals surface area (Å²) in [5.74, 6) is 1.86. The summed E-state index contributed by atoms with van der Waals surface area (Å²) < 4.78 is 10.9. The molecule has 0 fully saturated rings. The SMILES string of the molecule is COc1cc2c(cc1OC)[C@H](Cc1cccc(O)c1)N(C)CC2. The first-order valence-corrected chi connectivity index (χ1v) is 7.85. The lowest BCUT2D eigenvalue weighted by Gasteiger charge is -2.35. The number of likely N-dealkylation sites (N-methyl/N-ethyl adjacent to an activating group) is 1. The van der Waals surface area contributed by atoms with Crippen LogP contribution in [0.4, 0.5) is 0 Å². The molecule has 3 rings (SSSR count). The molecule has 0 saturated carbocycles. The van der Waals surface area contributed by atoms with Crippen LogP contribution in [0.2, 0.25) is 0 Å². The summed E-state index contributed by atoms with van der Waals surface area (Å²) in [5.41, 5.74) is 3.72. The van der Waals surface area contributed by atoms with Crippen LogP contribution in [0.1, 0.15) is 22.7 Å². The van der Waals surface area contributed by atoms with Gasteiger partial charge in [-0.3, -0.25) is 4.90 Å². The Labute approximate surface area is 137 Å². The van der Waals surface area contributed by atoms with E-state index in [9.17, 15) is 5.11 Å². The van der Waals surface area contributed by atoms with E-state index in [4.69, 9.17) is 9.47 Å². The summed E-state index contributed by atoms with van der Waals surface area (Å²) in [6, 6.07) is 11.9. The molecule has 4 nitrogen and oxygen atoms in total. The molecule has 0 spiro atoms. The first-order chi connectivity index (χ1) is 11.1. The van der Waals surface area contributed by atoms with Crippen molar-refractivity contribution >= 4 is 0 Å². The second-order valence-corrected chi connectivity index (χ2v) is 6.03. The van der Waals surface area contributed by atoms with Crippen molar-refractivity contribution in [3.63, 3.8) is 0 Å². The third-order valence-electron chi connectivity index (χ3n) is 4.61. The number of benzene rings is 2. The Morgan fingerprint density at radius 2 is 1.87 bits per heavy atom. The van der Waals surface area contributed by atoms with E-state index in [0.717, 1.165) is 36.4 Å². The summed E-state index contributed by atoms with van der Waals surface area (Å²) in [6.45, 7) is 1.01. The van der Waals surface area contributed by atoms with Crippen LogP contribution >= 0.6 is 0 Å². The van der Waals surface area contributed by atoms with Crippen molar-refractivity contribution in [2.75, 3.05) is 27.8 Å². The van der Waals surface area contributed by atoms with Crippen molar-refractivity contribution in [2.24, 2.45) is 0 Å². The minimum absolute atomic E-state index is 0.264. The molecule has 0 bridgehead atoms. The molecule has 1 atom stereocenters. The van der Waals surface area contributed by atoms with E-state index in [1.165, 1.54) is 11.1 Å². The molecule has 4 heteroatoms. The third-order valence-corrected chi connectivity index (χ3v) is 4.61. The fourth-order valence-electron chi connectivity index (χ4n) is 3.33. The van der Waals surface area contributed by atoms with Gasteiger partial charge in [-0.25, -0.2) is 0 Å². The predicted molar refractivity (Wildman–Crippen MR) is 90.4 cm³/mol. The molecule has 0 saturated heterocycles. The highest BCUT2D eigenvalue weighted by molar-refractivity contribution is 5.50. The zero-order valence-electron chi connectivity index (χ0n) is 13.9. The van der Waals surface area contributed by atoms with Crippen molar-refractivity contribution in [3.8, 4) is 17.2 Å². The second-order valence-electron chi connectivity index (χ2n) is 6.03. The lowest BCUT2D eigenvalue weighted by Crippen LogP contribution is -2.33. The first kappa shape index (κ1) is 15.7. The van der Waals surface area contributed by atoms with E-state index in [1.807, 2.05) is 12.1 Å². The number of phenolic OH excluding ortho intramolecular Hbond substituents is 1. The molecule has 122 valence electrons. The smallest absolute Gasteiger partial charge is 0.161 e. The topological polar surface area (TPSA) is 41.9 Å². The van der Waals surface area contributed by atoms with Crippen molar-refractivity contribution in [2.45, 2.75) is 18.9 Å². The number of nitrogens with zero attached hydrogens (tertiary/aromatic N) is 1. The van der Waals surface area contributed by atoms with E-state index in [1.54, 1.807) is 20.3 Å². The number of hydrogen-bond acceptors (Lipinski definition) is 4.